The van der Waals surface area contributed by atoms with Crippen molar-refractivity contribution in [3.8, 4) is 28.4 Å². The lowest BCUT2D eigenvalue weighted by atomic mass is 10.0. The molecule has 0 amide bonds. The zero-order valence-electron chi connectivity index (χ0n) is 21.4. The Labute approximate surface area is 216 Å². The van der Waals surface area contributed by atoms with Crippen LogP contribution in [0.15, 0.2) is 22.7 Å². The van der Waals surface area contributed by atoms with Crippen LogP contribution in [0.3, 0.4) is 0 Å². The fourth-order valence-corrected chi connectivity index (χ4v) is 4.62. The Balaban J connectivity index is 1.76. The molecule has 4 rings (SSSR count). The minimum atomic E-state index is -0.631. The highest BCUT2D eigenvalue weighted by atomic mass is 35.5. The van der Waals surface area contributed by atoms with E-state index in [1.165, 1.54) is 0 Å². The number of hydrogen-bond donors (Lipinski definition) is 3. The van der Waals surface area contributed by atoms with Crippen LogP contribution in [0.4, 0.5) is 5.82 Å². The molecule has 0 bridgehead atoms. The lowest BCUT2D eigenvalue weighted by Crippen LogP contribution is -2.33. The van der Waals surface area contributed by atoms with Gasteiger partial charge in [0.1, 0.15) is 30.0 Å². The van der Waals surface area contributed by atoms with Crippen LogP contribution in [0.2, 0.25) is 5.02 Å². The van der Waals surface area contributed by atoms with Gasteiger partial charge in [-0.3, -0.25) is 0 Å². The largest absolute Gasteiger partial charge is 0.491 e. The molecule has 0 spiro atoms. The van der Waals surface area contributed by atoms with E-state index < -0.39 is 6.10 Å². The molecule has 194 valence electrons. The topological polar surface area (TPSA) is 115 Å². The number of benzene rings is 1. The van der Waals surface area contributed by atoms with E-state index >= 15 is 0 Å². The van der Waals surface area contributed by atoms with Gasteiger partial charge >= 0.3 is 0 Å². The lowest BCUT2D eigenvalue weighted by Gasteiger charge is -2.29. The van der Waals surface area contributed by atoms with Crippen molar-refractivity contribution in [2.24, 2.45) is 0 Å². The number of aromatic nitrogens is 3. The molecule has 3 N–H and O–H groups in total. The Morgan fingerprint density at radius 3 is 2.75 bits per heavy atom. The molecule has 9 nitrogen and oxygen atoms in total. The Hall–Kier alpha value is -2.72. The number of nitrogens with one attached hydrogen (secondary N) is 2. The van der Waals surface area contributed by atoms with Crippen molar-refractivity contribution in [3.05, 3.63) is 40.2 Å². The smallest absolute Gasteiger partial charge is 0.163 e. The van der Waals surface area contributed by atoms with Crippen molar-refractivity contribution >= 4 is 17.4 Å². The van der Waals surface area contributed by atoms with E-state index in [0.29, 0.717) is 41.1 Å². The molecule has 2 aromatic heterocycles. The molecule has 10 heteroatoms. The highest BCUT2D eigenvalue weighted by Crippen LogP contribution is 2.36. The van der Waals surface area contributed by atoms with E-state index in [2.05, 4.69) is 22.7 Å². The van der Waals surface area contributed by atoms with Crippen LogP contribution in [0.1, 0.15) is 36.8 Å². The summed E-state index contributed by atoms with van der Waals surface area (Å²) in [4.78, 5) is 9.83. The third kappa shape index (κ3) is 5.98. The molecule has 0 aliphatic carbocycles. The number of nitrogens with zero attached hydrogens (tertiary/aromatic N) is 3. The minimum absolute atomic E-state index is 0.149. The highest BCUT2D eigenvalue weighted by Gasteiger charge is 2.25. The maximum atomic E-state index is 10.0. The molecule has 3 atom stereocenters. The van der Waals surface area contributed by atoms with Crippen molar-refractivity contribution in [2.75, 3.05) is 32.1 Å². The zero-order chi connectivity index (χ0) is 25.8. The van der Waals surface area contributed by atoms with Gasteiger partial charge in [0.05, 0.1) is 28.1 Å². The van der Waals surface area contributed by atoms with Crippen molar-refractivity contribution < 1.29 is 19.1 Å². The summed E-state index contributed by atoms with van der Waals surface area (Å²) in [5.41, 5.74) is 3.89. The van der Waals surface area contributed by atoms with E-state index in [9.17, 15) is 5.11 Å². The maximum Gasteiger partial charge on any atom is 0.163 e. The number of hydrogen-bond acceptors (Lipinski definition) is 9. The Morgan fingerprint density at radius 1 is 1.25 bits per heavy atom. The van der Waals surface area contributed by atoms with E-state index in [0.717, 1.165) is 41.2 Å². The normalized spacial score (nSPS) is 18.8. The molecule has 1 aromatic carbocycles. The van der Waals surface area contributed by atoms with Crippen LogP contribution in [0, 0.1) is 20.8 Å². The van der Waals surface area contributed by atoms with Gasteiger partial charge in [-0.2, -0.15) is 0 Å². The van der Waals surface area contributed by atoms with E-state index in [4.69, 9.17) is 35.6 Å². The zero-order valence-corrected chi connectivity index (χ0v) is 22.1. The van der Waals surface area contributed by atoms with Crippen LogP contribution in [-0.2, 0) is 4.74 Å². The quantitative estimate of drug-likeness (QED) is 0.383. The SMILES string of the molecule is CNC[C@@H](O)COc1ccc(Cl)c(-c2nc(N[C@H]3CCO[C@@H](C)C3)c(C)c(-c3c(C)noc3C)n2)c1. The van der Waals surface area contributed by atoms with Crippen LogP contribution in [0.5, 0.6) is 5.75 Å². The van der Waals surface area contributed by atoms with E-state index in [1.807, 2.05) is 20.8 Å². The first-order valence-corrected chi connectivity index (χ1v) is 12.6. The predicted octanol–water partition coefficient (Wildman–Crippen LogP) is 4.32. The van der Waals surface area contributed by atoms with Crippen LogP contribution < -0.4 is 15.4 Å². The Kier molecular flexibility index (Phi) is 8.46. The molecule has 1 aliphatic heterocycles. The Morgan fingerprint density at radius 2 is 2.06 bits per heavy atom. The number of aryl methyl sites for hydroxylation is 2. The number of likely N-dealkylation sites (N-methyl/N-ethyl adjacent to an activating group) is 1. The third-order valence-electron chi connectivity index (χ3n) is 6.30. The first kappa shape index (κ1) is 26.3. The molecular formula is C26H34ClN5O4. The van der Waals surface area contributed by atoms with Gasteiger partial charge in [0.25, 0.3) is 0 Å². The number of rotatable bonds is 9. The fourth-order valence-electron chi connectivity index (χ4n) is 4.42. The summed E-state index contributed by atoms with van der Waals surface area (Å²) in [6, 6.07) is 5.55. The van der Waals surface area contributed by atoms with Crippen molar-refractivity contribution in [1.29, 1.82) is 0 Å². The molecule has 3 aromatic rings. The molecule has 1 saturated heterocycles. The molecule has 1 aliphatic rings. The second-order valence-corrected chi connectivity index (χ2v) is 9.69. The van der Waals surface area contributed by atoms with Gasteiger partial charge < -0.3 is 29.7 Å². The van der Waals surface area contributed by atoms with E-state index in [1.54, 1.807) is 25.2 Å². The first-order chi connectivity index (χ1) is 17.3. The van der Waals surface area contributed by atoms with Crippen molar-refractivity contribution in [3.63, 3.8) is 0 Å². The van der Waals surface area contributed by atoms with Gasteiger partial charge in [0, 0.05) is 30.3 Å². The standard InChI is InChI=1S/C26H34ClN5O4/c1-14-10-18(8-9-34-14)29-25-15(2)24(23-16(3)32-36-17(23)4)30-26(31-25)21-11-20(6-7-22(21)27)35-13-19(33)12-28-5/h6-7,11,14,18-19,28,33H,8-10,12-13H2,1-5H3,(H,29,30,31)/t14-,18-,19+/m0/s1. The molecule has 36 heavy (non-hydrogen) atoms. The average molecular weight is 516 g/mol. The summed E-state index contributed by atoms with van der Waals surface area (Å²) in [5.74, 6) is 2.46. The highest BCUT2D eigenvalue weighted by molar-refractivity contribution is 6.33. The summed E-state index contributed by atoms with van der Waals surface area (Å²) in [7, 11) is 1.78. The molecule has 1 fully saturated rings. The first-order valence-electron chi connectivity index (χ1n) is 12.2. The number of aliphatic hydroxyl groups excluding tert-OH is 1. The summed E-state index contributed by atoms with van der Waals surface area (Å²) in [6.07, 6.45) is 1.33. The summed E-state index contributed by atoms with van der Waals surface area (Å²) >= 11 is 6.62. The van der Waals surface area contributed by atoms with E-state index in [-0.39, 0.29) is 18.8 Å². The van der Waals surface area contributed by atoms with Crippen molar-refractivity contribution in [2.45, 2.75) is 58.8 Å². The van der Waals surface area contributed by atoms with Gasteiger partial charge in [-0.15, -0.1) is 0 Å². The second-order valence-electron chi connectivity index (χ2n) is 9.28. The summed E-state index contributed by atoms with van der Waals surface area (Å²) in [6.45, 7) is 9.15. The lowest BCUT2D eigenvalue weighted by molar-refractivity contribution is 0.0231. The predicted molar refractivity (Wildman–Crippen MR) is 140 cm³/mol. The Bertz CT molecular complexity index is 1180. The third-order valence-corrected chi connectivity index (χ3v) is 6.63. The van der Waals surface area contributed by atoms with Gasteiger partial charge in [-0.25, -0.2) is 9.97 Å². The second kappa shape index (κ2) is 11.6. The van der Waals surface area contributed by atoms with Gasteiger partial charge in [-0.05, 0) is 65.8 Å². The number of ether oxygens (including phenoxy) is 2. The molecule has 0 unspecified atom stereocenters. The minimum Gasteiger partial charge on any atom is -0.491 e. The summed E-state index contributed by atoms with van der Waals surface area (Å²) < 4.78 is 17.0. The molecule has 3 heterocycles. The number of halogens is 1. The van der Waals surface area contributed by atoms with Crippen LogP contribution in [0.25, 0.3) is 22.6 Å². The number of aliphatic hydroxyl groups is 1. The van der Waals surface area contributed by atoms with Gasteiger partial charge in [0.2, 0.25) is 0 Å². The van der Waals surface area contributed by atoms with Crippen molar-refractivity contribution in [1.82, 2.24) is 20.4 Å². The molecule has 0 saturated carbocycles. The van der Waals surface area contributed by atoms with Crippen LogP contribution in [-0.4, -0.2) is 65.3 Å². The summed E-state index contributed by atoms with van der Waals surface area (Å²) in [5, 5.41) is 21.2. The van der Waals surface area contributed by atoms with Gasteiger partial charge in [-0.1, -0.05) is 16.8 Å². The molecular weight excluding hydrogens is 482 g/mol. The monoisotopic (exact) mass is 515 g/mol. The molecule has 0 radical (unpaired) electrons. The number of anilines is 1. The average Bonchev–Trinajstić information content (AvgIpc) is 3.18. The fraction of sp³-hybridized carbons (Fsp3) is 0.500. The van der Waals surface area contributed by atoms with Gasteiger partial charge in [0.15, 0.2) is 5.82 Å². The maximum absolute atomic E-state index is 10.0. The van der Waals surface area contributed by atoms with Crippen LogP contribution >= 0.6 is 11.6 Å².